The summed E-state index contributed by atoms with van der Waals surface area (Å²) in [5.41, 5.74) is -0.0198. The fraction of sp³-hybridized carbons (Fsp3) is 0.222. The second-order valence-electron chi connectivity index (χ2n) is 2.56. The predicted octanol–water partition coefficient (Wildman–Crippen LogP) is 1.56. The number of ether oxygens (including phenoxy) is 1. The quantitative estimate of drug-likeness (QED) is 0.309. The van der Waals surface area contributed by atoms with E-state index in [4.69, 9.17) is 4.74 Å². The molecule has 0 amide bonds. The molecule has 0 atom stereocenters. The first-order chi connectivity index (χ1) is 6.74. The zero-order valence-electron chi connectivity index (χ0n) is 7.38. The lowest BCUT2D eigenvalue weighted by Crippen LogP contribution is -1.98. The molecular weight excluding hydrogens is 186 g/mol. The van der Waals surface area contributed by atoms with Crippen LogP contribution in [0.5, 0.6) is 5.75 Å². The molecule has 0 aromatic heterocycles. The summed E-state index contributed by atoms with van der Waals surface area (Å²) in [6.45, 7) is 0.241. The van der Waals surface area contributed by atoms with E-state index in [9.17, 15) is 14.9 Å². The molecule has 14 heavy (non-hydrogen) atoms. The summed E-state index contributed by atoms with van der Waals surface area (Å²) in [6, 6.07) is 5.85. The first kappa shape index (κ1) is 10.2. The monoisotopic (exact) mass is 195 g/mol. The van der Waals surface area contributed by atoms with Gasteiger partial charge in [0.1, 0.15) is 12.0 Å². The van der Waals surface area contributed by atoms with Crippen molar-refractivity contribution in [1.82, 2.24) is 0 Å². The van der Waals surface area contributed by atoms with Crippen LogP contribution in [0.4, 0.5) is 5.69 Å². The van der Waals surface area contributed by atoms with Crippen LogP contribution in [0.1, 0.15) is 6.42 Å². The number of nitro groups is 1. The van der Waals surface area contributed by atoms with E-state index in [1.54, 1.807) is 6.07 Å². The Labute approximate surface area is 80.5 Å². The number of nitrogens with zero attached hydrogens (tertiary/aromatic N) is 1. The number of hydrogen-bond donors (Lipinski definition) is 0. The smallest absolute Gasteiger partial charge is 0.273 e. The fourth-order valence-corrected chi connectivity index (χ4v) is 0.912. The maximum Gasteiger partial charge on any atom is 0.273 e. The minimum absolute atomic E-state index is 0.0198. The van der Waals surface area contributed by atoms with E-state index < -0.39 is 4.92 Å². The summed E-state index contributed by atoms with van der Waals surface area (Å²) in [5, 5.41) is 10.4. The highest BCUT2D eigenvalue weighted by atomic mass is 16.6. The van der Waals surface area contributed by atoms with Crippen LogP contribution in [-0.2, 0) is 4.79 Å². The topological polar surface area (TPSA) is 69.4 Å². The van der Waals surface area contributed by atoms with Gasteiger partial charge in [-0.3, -0.25) is 10.1 Å². The summed E-state index contributed by atoms with van der Waals surface area (Å²) in [4.78, 5) is 19.9. The SMILES string of the molecule is O=CCCOc1cccc([N+](=O)[O-])c1. The Hall–Kier alpha value is -1.91. The van der Waals surface area contributed by atoms with Gasteiger partial charge in [0.2, 0.25) is 0 Å². The van der Waals surface area contributed by atoms with Crippen molar-refractivity contribution < 1.29 is 14.5 Å². The van der Waals surface area contributed by atoms with E-state index >= 15 is 0 Å². The third kappa shape index (κ3) is 2.85. The van der Waals surface area contributed by atoms with Crippen molar-refractivity contribution in [2.75, 3.05) is 6.61 Å². The Morgan fingerprint density at radius 1 is 1.50 bits per heavy atom. The van der Waals surface area contributed by atoms with E-state index in [1.165, 1.54) is 18.2 Å². The Bertz CT molecular complexity index is 337. The van der Waals surface area contributed by atoms with Crippen LogP contribution in [0.2, 0.25) is 0 Å². The molecule has 0 radical (unpaired) electrons. The predicted molar refractivity (Wildman–Crippen MR) is 49.3 cm³/mol. The molecule has 0 aliphatic rings. The van der Waals surface area contributed by atoms with Crippen LogP contribution in [0, 0.1) is 10.1 Å². The van der Waals surface area contributed by atoms with Crippen molar-refractivity contribution >= 4 is 12.0 Å². The maximum atomic E-state index is 10.4. The second-order valence-corrected chi connectivity index (χ2v) is 2.56. The van der Waals surface area contributed by atoms with E-state index in [-0.39, 0.29) is 18.7 Å². The lowest BCUT2D eigenvalue weighted by molar-refractivity contribution is -0.384. The number of non-ortho nitro benzene ring substituents is 1. The van der Waals surface area contributed by atoms with Crippen LogP contribution in [-0.4, -0.2) is 17.8 Å². The van der Waals surface area contributed by atoms with Crippen LogP contribution in [0.15, 0.2) is 24.3 Å². The maximum absolute atomic E-state index is 10.4. The lowest BCUT2D eigenvalue weighted by atomic mass is 10.3. The van der Waals surface area contributed by atoms with Gasteiger partial charge in [0, 0.05) is 12.5 Å². The van der Waals surface area contributed by atoms with Gasteiger partial charge in [0.05, 0.1) is 17.6 Å². The van der Waals surface area contributed by atoms with Gasteiger partial charge < -0.3 is 9.53 Å². The summed E-state index contributed by atoms with van der Waals surface area (Å²) in [6.07, 6.45) is 1.01. The van der Waals surface area contributed by atoms with Crippen molar-refractivity contribution in [3.8, 4) is 5.75 Å². The summed E-state index contributed by atoms with van der Waals surface area (Å²) in [7, 11) is 0. The van der Waals surface area contributed by atoms with E-state index in [0.717, 1.165) is 6.29 Å². The van der Waals surface area contributed by atoms with Crippen LogP contribution in [0.3, 0.4) is 0 Å². The first-order valence-corrected chi connectivity index (χ1v) is 4.05. The Balaban J connectivity index is 2.63. The van der Waals surface area contributed by atoms with Crippen LogP contribution < -0.4 is 4.74 Å². The molecule has 0 bridgehead atoms. The number of nitro benzene ring substituents is 1. The van der Waals surface area contributed by atoms with E-state index in [0.29, 0.717) is 5.75 Å². The van der Waals surface area contributed by atoms with Gasteiger partial charge in [-0.15, -0.1) is 0 Å². The number of rotatable bonds is 5. The zero-order chi connectivity index (χ0) is 10.4. The van der Waals surface area contributed by atoms with Gasteiger partial charge in [0.25, 0.3) is 5.69 Å². The Kier molecular flexibility index (Phi) is 3.60. The fourth-order valence-electron chi connectivity index (χ4n) is 0.912. The number of aldehydes is 1. The normalized spacial score (nSPS) is 9.43. The minimum Gasteiger partial charge on any atom is -0.493 e. The number of hydrogen-bond acceptors (Lipinski definition) is 4. The number of carbonyl (C=O) groups excluding carboxylic acids is 1. The molecule has 0 heterocycles. The molecule has 0 N–H and O–H groups in total. The van der Waals surface area contributed by atoms with Crippen molar-refractivity contribution in [2.24, 2.45) is 0 Å². The zero-order valence-corrected chi connectivity index (χ0v) is 7.38. The van der Waals surface area contributed by atoms with E-state index in [1.807, 2.05) is 0 Å². The van der Waals surface area contributed by atoms with Crippen molar-refractivity contribution in [1.29, 1.82) is 0 Å². The molecule has 0 saturated carbocycles. The third-order valence-electron chi connectivity index (χ3n) is 1.53. The van der Waals surface area contributed by atoms with Gasteiger partial charge in [0.15, 0.2) is 0 Å². The van der Waals surface area contributed by atoms with Gasteiger partial charge in [-0.1, -0.05) is 6.07 Å². The molecule has 0 spiro atoms. The molecule has 0 saturated heterocycles. The highest BCUT2D eigenvalue weighted by molar-refractivity contribution is 5.49. The van der Waals surface area contributed by atoms with Crippen molar-refractivity contribution in [3.63, 3.8) is 0 Å². The van der Waals surface area contributed by atoms with Gasteiger partial charge >= 0.3 is 0 Å². The molecule has 0 aliphatic carbocycles. The molecule has 0 aliphatic heterocycles. The summed E-state index contributed by atoms with van der Waals surface area (Å²) >= 11 is 0. The lowest BCUT2D eigenvalue weighted by Gasteiger charge is -2.02. The van der Waals surface area contributed by atoms with Gasteiger partial charge in [-0.05, 0) is 6.07 Å². The average molecular weight is 195 g/mol. The molecular formula is C9H9NO4. The molecule has 0 fully saturated rings. The molecule has 0 unspecified atom stereocenters. The molecule has 5 nitrogen and oxygen atoms in total. The van der Waals surface area contributed by atoms with E-state index in [2.05, 4.69) is 0 Å². The average Bonchev–Trinajstić information content (AvgIpc) is 2.19. The number of carbonyl (C=O) groups is 1. The molecule has 5 heteroatoms. The summed E-state index contributed by atoms with van der Waals surface area (Å²) in [5.74, 6) is 0.404. The second kappa shape index (κ2) is 4.96. The van der Waals surface area contributed by atoms with Crippen molar-refractivity contribution in [2.45, 2.75) is 6.42 Å². The van der Waals surface area contributed by atoms with Gasteiger partial charge in [-0.2, -0.15) is 0 Å². The van der Waals surface area contributed by atoms with Crippen LogP contribution >= 0.6 is 0 Å². The molecule has 74 valence electrons. The van der Waals surface area contributed by atoms with Crippen LogP contribution in [0.25, 0.3) is 0 Å². The minimum atomic E-state index is -0.493. The number of benzene rings is 1. The first-order valence-electron chi connectivity index (χ1n) is 4.05. The third-order valence-corrected chi connectivity index (χ3v) is 1.53. The Morgan fingerprint density at radius 3 is 2.93 bits per heavy atom. The molecule has 1 rings (SSSR count). The standard InChI is InChI=1S/C9H9NO4/c11-5-2-6-14-9-4-1-3-8(7-9)10(12)13/h1,3-5,7H,2,6H2. The molecule has 1 aromatic rings. The molecule has 1 aromatic carbocycles. The van der Waals surface area contributed by atoms with Crippen molar-refractivity contribution in [3.05, 3.63) is 34.4 Å². The highest BCUT2D eigenvalue weighted by Gasteiger charge is 2.05. The van der Waals surface area contributed by atoms with Gasteiger partial charge in [-0.25, -0.2) is 0 Å². The Morgan fingerprint density at radius 2 is 2.29 bits per heavy atom. The largest absolute Gasteiger partial charge is 0.493 e. The highest BCUT2D eigenvalue weighted by Crippen LogP contribution is 2.18. The summed E-state index contributed by atoms with van der Waals surface area (Å²) < 4.78 is 5.10.